The van der Waals surface area contributed by atoms with E-state index in [0.29, 0.717) is 5.56 Å². The number of benzene rings is 2. The number of likely N-dealkylation sites (tertiary alicyclic amines) is 1. The van der Waals surface area contributed by atoms with Crippen molar-refractivity contribution in [3.05, 3.63) is 64.6 Å². The normalized spacial score (nSPS) is 19.8. The second kappa shape index (κ2) is 7.79. The molecule has 1 aliphatic rings. The topological polar surface area (TPSA) is 46.4 Å². The van der Waals surface area contributed by atoms with E-state index < -0.39 is 0 Å². The first-order valence-electron chi connectivity index (χ1n) is 9.38. The van der Waals surface area contributed by atoms with Crippen LogP contribution in [-0.2, 0) is 0 Å². The SMILES string of the molecule is C[NH+]1CCC(NC(=O)c2cc(-c3cccc(Br)c3)nc3ccccc23)CC1. The number of piperidine rings is 1. The summed E-state index contributed by atoms with van der Waals surface area (Å²) in [4.78, 5) is 19.4. The summed E-state index contributed by atoms with van der Waals surface area (Å²) in [6, 6.07) is 18.0. The van der Waals surface area contributed by atoms with Crippen molar-refractivity contribution in [1.29, 1.82) is 0 Å². The average Bonchev–Trinajstić information content (AvgIpc) is 2.69. The molecule has 3 aromatic rings. The first-order valence-corrected chi connectivity index (χ1v) is 10.2. The van der Waals surface area contributed by atoms with Crippen LogP contribution in [0.15, 0.2) is 59.1 Å². The molecule has 1 aromatic heterocycles. The van der Waals surface area contributed by atoms with Crippen LogP contribution < -0.4 is 10.2 Å². The van der Waals surface area contributed by atoms with Gasteiger partial charge in [0.15, 0.2) is 0 Å². The molecule has 1 amide bonds. The highest BCUT2D eigenvalue weighted by Crippen LogP contribution is 2.27. The molecular weight excluding hydrogens is 402 g/mol. The molecule has 0 unspecified atom stereocenters. The van der Waals surface area contributed by atoms with Crippen molar-refractivity contribution in [2.75, 3.05) is 20.1 Å². The van der Waals surface area contributed by atoms with Gasteiger partial charge in [-0.05, 0) is 24.3 Å². The average molecular weight is 425 g/mol. The minimum atomic E-state index is -0.00519. The Morgan fingerprint density at radius 2 is 1.89 bits per heavy atom. The monoisotopic (exact) mass is 424 g/mol. The van der Waals surface area contributed by atoms with Crippen molar-refractivity contribution < 1.29 is 9.69 Å². The number of carbonyl (C=O) groups excluding carboxylic acids is 1. The Morgan fingerprint density at radius 1 is 1.11 bits per heavy atom. The lowest BCUT2D eigenvalue weighted by atomic mass is 10.0. The van der Waals surface area contributed by atoms with Gasteiger partial charge in [-0.15, -0.1) is 0 Å². The molecule has 1 fully saturated rings. The zero-order chi connectivity index (χ0) is 18.8. The maximum absolute atomic E-state index is 13.1. The van der Waals surface area contributed by atoms with Crippen LogP contribution in [0.3, 0.4) is 0 Å². The van der Waals surface area contributed by atoms with Gasteiger partial charge in [-0.1, -0.05) is 46.3 Å². The smallest absolute Gasteiger partial charge is 0.252 e. The molecule has 138 valence electrons. The van der Waals surface area contributed by atoms with Crippen LogP contribution in [0.5, 0.6) is 0 Å². The van der Waals surface area contributed by atoms with Gasteiger partial charge in [0.2, 0.25) is 0 Å². The number of carbonyl (C=O) groups is 1. The van der Waals surface area contributed by atoms with E-state index in [2.05, 4.69) is 28.3 Å². The van der Waals surface area contributed by atoms with E-state index in [-0.39, 0.29) is 11.9 Å². The van der Waals surface area contributed by atoms with Crippen molar-refractivity contribution in [1.82, 2.24) is 10.3 Å². The number of amides is 1. The second-order valence-corrected chi connectivity index (χ2v) is 8.20. The lowest BCUT2D eigenvalue weighted by Gasteiger charge is -2.27. The quantitative estimate of drug-likeness (QED) is 0.678. The third-order valence-corrected chi connectivity index (χ3v) is 5.75. The number of halogens is 1. The summed E-state index contributed by atoms with van der Waals surface area (Å²) in [5.41, 5.74) is 3.34. The highest BCUT2D eigenvalue weighted by Gasteiger charge is 2.22. The van der Waals surface area contributed by atoms with Crippen LogP contribution in [0.25, 0.3) is 22.2 Å². The van der Waals surface area contributed by atoms with Gasteiger partial charge in [-0.3, -0.25) is 4.79 Å². The molecule has 0 spiro atoms. The van der Waals surface area contributed by atoms with E-state index >= 15 is 0 Å². The van der Waals surface area contributed by atoms with Gasteiger partial charge in [0.05, 0.1) is 36.9 Å². The number of nitrogens with one attached hydrogen (secondary N) is 2. The molecule has 1 aliphatic heterocycles. The van der Waals surface area contributed by atoms with Gasteiger partial charge in [0.1, 0.15) is 0 Å². The van der Waals surface area contributed by atoms with Gasteiger partial charge in [0, 0.05) is 34.3 Å². The fourth-order valence-electron chi connectivity index (χ4n) is 3.68. The highest BCUT2D eigenvalue weighted by molar-refractivity contribution is 9.10. The Bertz CT molecular complexity index is 980. The molecule has 27 heavy (non-hydrogen) atoms. The molecule has 2 aromatic carbocycles. The minimum Gasteiger partial charge on any atom is -0.349 e. The number of para-hydroxylation sites is 1. The van der Waals surface area contributed by atoms with E-state index in [4.69, 9.17) is 4.98 Å². The summed E-state index contributed by atoms with van der Waals surface area (Å²) in [7, 11) is 2.21. The third-order valence-electron chi connectivity index (χ3n) is 5.26. The number of aromatic nitrogens is 1. The lowest BCUT2D eigenvalue weighted by Crippen LogP contribution is -3.10. The Morgan fingerprint density at radius 3 is 2.67 bits per heavy atom. The number of hydrogen-bond acceptors (Lipinski definition) is 2. The zero-order valence-corrected chi connectivity index (χ0v) is 16.9. The molecule has 2 N–H and O–H groups in total. The molecule has 4 rings (SSSR count). The van der Waals surface area contributed by atoms with Crippen molar-refractivity contribution in [2.45, 2.75) is 18.9 Å². The lowest BCUT2D eigenvalue weighted by molar-refractivity contribution is -0.884. The summed E-state index contributed by atoms with van der Waals surface area (Å²) in [5, 5.41) is 4.14. The molecule has 0 radical (unpaired) electrons. The predicted octanol–water partition coefficient (Wildman–Crippen LogP) is 3.07. The number of nitrogens with zero attached hydrogens (tertiary/aromatic N) is 1. The molecule has 1 saturated heterocycles. The highest BCUT2D eigenvalue weighted by atomic mass is 79.9. The fourth-order valence-corrected chi connectivity index (χ4v) is 4.08. The molecule has 5 heteroatoms. The Labute approximate surface area is 167 Å². The summed E-state index contributed by atoms with van der Waals surface area (Å²) in [6.45, 7) is 2.21. The van der Waals surface area contributed by atoms with Crippen LogP contribution in [0.4, 0.5) is 0 Å². The molecule has 0 saturated carbocycles. The standard InChI is InChI=1S/C22H22BrN3O/c1-26-11-9-17(10-12-26)24-22(27)19-14-21(15-5-4-6-16(23)13-15)25-20-8-3-2-7-18(19)20/h2-8,13-14,17H,9-12H2,1H3,(H,24,27)/p+1. The molecule has 0 bridgehead atoms. The number of fused-ring (bicyclic) bond motifs is 1. The van der Waals surface area contributed by atoms with Crippen molar-refractivity contribution in [3.63, 3.8) is 0 Å². The van der Waals surface area contributed by atoms with E-state index in [1.54, 1.807) is 0 Å². The molecule has 4 nitrogen and oxygen atoms in total. The van der Waals surface area contributed by atoms with Crippen LogP contribution in [0.2, 0.25) is 0 Å². The Kier molecular flexibility index (Phi) is 5.23. The summed E-state index contributed by atoms with van der Waals surface area (Å²) in [6.07, 6.45) is 2.05. The minimum absolute atomic E-state index is 0.00519. The second-order valence-electron chi connectivity index (χ2n) is 7.29. The number of rotatable bonds is 3. The molecular formula is C22H23BrN3O+. The van der Waals surface area contributed by atoms with Crippen LogP contribution in [0, 0.1) is 0 Å². The summed E-state index contributed by atoms with van der Waals surface area (Å²) < 4.78 is 0.995. The largest absolute Gasteiger partial charge is 0.349 e. The van der Waals surface area contributed by atoms with Gasteiger partial charge in [-0.25, -0.2) is 4.98 Å². The fraction of sp³-hybridized carbons (Fsp3) is 0.273. The summed E-state index contributed by atoms with van der Waals surface area (Å²) >= 11 is 3.52. The van der Waals surface area contributed by atoms with Crippen molar-refractivity contribution in [2.24, 2.45) is 0 Å². The maximum atomic E-state index is 13.1. The van der Waals surface area contributed by atoms with Crippen molar-refractivity contribution in [3.8, 4) is 11.3 Å². The van der Waals surface area contributed by atoms with Gasteiger partial charge in [-0.2, -0.15) is 0 Å². The first-order chi connectivity index (χ1) is 13.1. The third kappa shape index (κ3) is 4.04. The maximum Gasteiger partial charge on any atom is 0.252 e. The van der Waals surface area contributed by atoms with Gasteiger partial charge < -0.3 is 10.2 Å². The van der Waals surface area contributed by atoms with Crippen LogP contribution in [-0.4, -0.2) is 37.1 Å². The number of quaternary nitrogens is 1. The zero-order valence-electron chi connectivity index (χ0n) is 15.3. The van der Waals surface area contributed by atoms with E-state index in [1.807, 2.05) is 54.6 Å². The van der Waals surface area contributed by atoms with Crippen LogP contribution in [0.1, 0.15) is 23.2 Å². The number of hydrogen-bond donors (Lipinski definition) is 2. The van der Waals surface area contributed by atoms with Crippen molar-refractivity contribution >= 4 is 32.7 Å². The Balaban J connectivity index is 1.71. The predicted molar refractivity (Wildman–Crippen MR) is 112 cm³/mol. The first kappa shape index (κ1) is 18.1. The number of pyridine rings is 1. The van der Waals surface area contributed by atoms with E-state index in [1.165, 1.54) is 4.90 Å². The molecule has 2 heterocycles. The molecule has 0 atom stereocenters. The van der Waals surface area contributed by atoms with Gasteiger partial charge >= 0.3 is 0 Å². The van der Waals surface area contributed by atoms with Gasteiger partial charge in [0.25, 0.3) is 5.91 Å². The Hall–Kier alpha value is -2.24. The van der Waals surface area contributed by atoms with Crippen LogP contribution >= 0.6 is 15.9 Å². The van der Waals surface area contributed by atoms with E-state index in [9.17, 15) is 4.79 Å². The van der Waals surface area contributed by atoms with E-state index in [0.717, 1.165) is 52.6 Å². The molecule has 0 aliphatic carbocycles. The summed E-state index contributed by atoms with van der Waals surface area (Å²) in [5.74, 6) is -0.00519.